The number of aliphatic hydroxyl groups is 2. The van der Waals surface area contributed by atoms with E-state index in [0.717, 1.165) is 6.07 Å². The molecule has 2 atom stereocenters. The van der Waals surface area contributed by atoms with Crippen molar-refractivity contribution in [3.63, 3.8) is 0 Å². The van der Waals surface area contributed by atoms with E-state index in [1.807, 2.05) is 0 Å². The number of benzene rings is 1. The molecule has 2 unspecified atom stereocenters. The van der Waals surface area contributed by atoms with Gasteiger partial charge in [0.15, 0.2) is 0 Å². The summed E-state index contributed by atoms with van der Waals surface area (Å²) >= 11 is 2.97. The molecule has 0 heterocycles. The molecule has 0 fully saturated rings. The van der Waals surface area contributed by atoms with Gasteiger partial charge in [-0.05, 0) is 39.2 Å². The Balaban J connectivity index is 2.82. The number of nitrogens with zero attached hydrogens (tertiary/aromatic N) is 3. The third-order valence-electron chi connectivity index (χ3n) is 1.98. The summed E-state index contributed by atoms with van der Waals surface area (Å²) in [5, 5.41) is 22.2. The molecule has 0 spiro atoms. The normalized spacial score (nSPS) is 14.0. The fourth-order valence-electron chi connectivity index (χ4n) is 1.14. The zero-order chi connectivity index (χ0) is 12.1. The van der Waals surface area contributed by atoms with Gasteiger partial charge in [-0.3, -0.25) is 0 Å². The molecule has 1 aromatic carbocycles. The van der Waals surface area contributed by atoms with Crippen LogP contribution in [0.1, 0.15) is 11.7 Å². The van der Waals surface area contributed by atoms with Crippen LogP contribution in [0.25, 0.3) is 10.4 Å². The minimum atomic E-state index is -1.28. The lowest BCUT2D eigenvalue weighted by atomic mass is 10.0. The van der Waals surface area contributed by atoms with E-state index in [1.54, 1.807) is 0 Å². The van der Waals surface area contributed by atoms with Crippen molar-refractivity contribution in [2.24, 2.45) is 5.11 Å². The average Bonchev–Trinajstić information content (AvgIpc) is 2.28. The summed E-state index contributed by atoms with van der Waals surface area (Å²) in [6.45, 7) is -0.269. The number of hydrogen-bond acceptors (Lipinski definition) is 3. The molecule has 1 rings (SSSR count). The van der Waals surface area contributed by atoms with Crippen molar-refractivity contribution in [2.45, 2.75) is 12.2 Å². The minimum absolute atomic E-state index is 0.223. The second kappa shape index (κ2) is 5.81. The first-order valence-electron chi connectivity index (χ1n) is 4.38. The largest absolute Gasteiger partial charge is 0.390 e. The summed E-state index contributed by atoms with van der Waals surface area (Å²) in [5.74, 6) is -0.535. The Hall–Kier alpha value is -1.14. The summed E-state index contributed by atoms with van der Waals surface area (Å²) in [5.41, 5.74) is 8.27. The van der Waals surface area contributed by atoms with Gasteiger partial charge in [-0.1, -0.05) is 11.2 Å². The molecular weight excluding hydrogens is 281 g/mol. The number of aliphatic hydroxyl groups excluding tert-OH is 2. The molecule has 2 N–H and O–H groups in total. The number of azide groups is 1. The second-order valence-electron chi connectivity index (χ2n) is 3.10. The first kappa shape index (κ1) is 12.9. The molecule has 1 aromatic rings. The zero-order valence-corrected chi connectivity index (χ0v) is 9.67. The van der Waals surface area contributed by atoms with Gasteiger partial charge in [0, 0.05) is 4.91 Å². The average molecular weight is 290 g/mol. The Morgan fingerprint density at radius 3 is 2.75 bits per heavy atom. The Morgan fingerprint density at radius 2 is 2.19 bits per heavy atom. The van der Waals surface area contributed by atoms with E-state index in [9.17, 15) is 14.6 Å². The Bertz CT molecular complexity index is 423. The van der Waals surface area contributed by atoms with Crippen molar-refractivity contribution < 1.29 is 14.6 Å². The van der Waals surface area contributed by atoms with Gasteiger partial charge in [0.2, 0.25) is 0 Å². The quantitative estimate of drug-likeness (QED) is 0.506. The predicted octanol–water partition coefficient (Wildman–Crippen LogP) is 2.29. The highest BCUT2D eigenvalue weighted by molar-refractivity contribution is 9.10. The SMILES string of the molecule is [N-]=[N+]=NCC(O)C(O)c1ccc(Br)c(F)c1. The maximum atomic E-state index is 13.1. The van der Waals surface area contributed by atoms with Gasteiger partial charge in [-0.25, -0.2) is 4.39 Å². The van der Waals surface area contributed by atoms with Crippen LogP contribution in [0.3, 0.4) is 0 Å². The van der Waals surface area contributed by atoms with Crippen molar-refractivity contribution in [1.29, 1.82) is 0 Å². The summed E-state index contributed by atoms with van der Waals surface area (Å²) in [7, 11) is 0. The van der Waals surface area contributed by atoms with Crippen molar-refractivity contribution in [3.05, 3.63) is 44.5 Å². The lowest BCUT2D eigenvalue weighted by molar-refractivity contribution is 0.0242. The van der Waals surface area contributed by atoms with E-state index in [0.29, 0.717) is 0 Å². The maximum Gasteiger partial charge on any atom is 0.137 e. The summed E-state index contributed by atoms with van der Waals surface area (Å²) in [6, 6.07) is 4.00. The molecule has 86 valence electrons. The van der Waals surface area contributed by atoms with E-state index in [1.165, 1.54) is 12.1 Å². The van der Waals surface area contributed by atoms with Gasteiger partial charge >= 0.3 is 0 Å². The highest BCUT2D eigenvalue weighted by Crippen LogP contribution is 2.22. The van der Waals surface area contributed by atoms with E-state index in [-0.39, 0.29) is 16.6 Å². The topological polar surface area (TPSA) is 89.2 Å². The van der Waals surface area contributed by atoms with E-state index < -0.39 is 18.0 Å². The lowest BCUT2D eigenvalue weighted by Gasteiger charge is -2.16. The monoisotopic (exact) mass is 289 g/mol. The fraction of sp³-hybridized carbons (Fsp3) is 0.333. The Kier molecular flexibility index (Phi) is 4.70. The van der Waals surface area contributed by atoms with Crippen LogP contribution in [-0.2, 0) is 0 Å². The molecule has 0 aromatic heterocycles. The van der Waals surface area contributed by atoms with Crippen LogP contribution >= 0.6 is 15.9 Å². The number of rotatable bonds is 4. The molecule has 0 saturated carbocycles. The van der Waals surface area contributed by atoms with Gasteiger partial charge < -0.3 is 10.2 Å². The van der Waals surface area contributed by atoms with Crippen LogP contribution < -0.4 is 0 Å². The minimum Gasteiger partial charge on any atom is -0.390 e. The van der Waals surface area contributed by atoms with Gasteiger partial charge in [-0.15, -0.1) is 0 Å². The molecule has 0 saturated heterocycles. The molecule has 0 aliphatic carbocycles. The van der Waals surface area contributed by atoms with E-state index in [4.69, 9.17) is 5.53 Å². The smallest absolute Gasteiger partial charge is 0.137 e. The van der Waals surface area contributed by atoms with Crippen molar-refractivity contribution in [2.75, 3.05) is 6.54 Å². The van der Waals surface area contributed by atoms with Crippen LogP contribution in [-0.4, -0.2) is 22.9 Å². The lowest BCUT2D eigenvalue weighted by Crippen LogP contribution is -2.21. The van der Waals surface area contributed by atoms with Crippen LogP contribution in [0.5, 0.6) is 0 Å². The molecule has 5 nitrogen and oxygen atoms in total. The summed E-state index contributed by atoms with van der Waals surface area (Å²) < 4.78 is 13.4. The van der Waals surface area contributed by atoms with Crippen LogP contribution in [0, 0.1) is 5.82 Å². The third-order valence-corrected chi connectivity index (χ3v) is 2.62. The molecule has 0 amide bonds. The molecule has 0 radical (unpaired) electrons. The second-order valence-corrected chi connectivity index (χ2v) is 3.95. The highest BCUT2D eigenvalue weighted by atomic mass is 79.9. The van der Waals surface area contributed by atoms with Crippen LogP contribution in [0.15, 0.2) is 27.8 Å². The number of hydrogen-bond donors (Lipinski definition) is 2. The molecule has 0 bridgehead atoms. The standard InChI is InChI=1S/C9H9BrFN3O2/c10-6-2-1-5(3-7(6)11)9(16)8(15)4-13-14-12/h1-3,8-9,15-16H,4H2. The zero-order valence-electron chi connectivity index (χ0n) is 8.09. The molecular formula is C9H9BrFN3O2. The van der Waals surface area contributed by atoms with Crippen molar-refractivity contribution in [1.82, 2.24) is 0 Å². The molecule has 7 heteroatoms. The van der Waals surface area contributed by atoms with Crippen molar-refractivity contribution >= 4 is 15.9 Å². The summed E-state index contributed by atoms with van der Waals surface area (Å²) in [6.07, 6.45) is -2.54. The van der Waals surface area contributed by atoms with Crippen LogP contribution in [0.2, 0.25) is 0 Å². The van der Waals surface area contributed by atoms with Gasteiger partial charge in [0.1, 0.15) is 11.9 Å². The Labute approximate surface area is 99.3 Å². The van der Waals surface area contributed by atoms with E-state index >= 15 is 0 Å². The molecule has 16 heavy (non-hydrogen) atoms. The molecule has 0 aliphatic rings. The maximum absolute atomic E-state index is 13.1. The third kappa shape index (κ3) is 3.18. The van der Waals surface area contributed by atoms with Gasteiger partial charge in [0.05, 0.1) is 17.1 Å². The Morgan fingerprint density at radius 1 is 1.50 bits per heavy atom. The van der Waals surface area contributed by atoms with Crippen molar-refractivity contribution in [3.8, 4) is 0 Å². The highest BCUT2D eigenvalue weighted by Gasteiger charge is 2.18. The predicted molar refractivity (Wildman–Crippen MR) is 59.1 cm³/mol. The summed E-state index contributed by atoms with van der Waals surface area (Å²) in [4.78, 5) is 2.46. The molecule has 0 aliphatic heterocycles. The van der Waals surface area contributed by atoms with Gasteiger partial charge in [0.25, 0.3) is 0 Å². The first-order chi connectivity index (χ1) is 7.56. The first-order valence-corrected chi connectivity index (χ1v) is 5.17. The van der Waals surface area contributed by atoms with E-state index in [2.05, 4.69) is 26.0 Å². The number of halogens is 2. The van der Waals surface area contributed by atoms with Crippen LogP contribution in [0.4, 0.5) is 4.39 Å². The van der Waals surface area contributed by atoms with Gasteiger partial charge in [-0.2, -0.15) is 0 Å². The fourth-order valence-corrected chi connectivity index (χ4v) is 1.39.